The van der Waals surface area contributed by atoms with Crippen LogP contribution in [0.4, 0.5) is 5.82 Å². The summed E-state index contributed by atoms with van der Waals surface area (Å²) in [5, 5.41) is 14.8. The Kier molecular flexibility index (Phi) is 4.72. The molecule has 0 amide bonds. The van der Waals surface area contributed by atoms with Gasteiger partial charge in [0, 0.05) is 29.7 Å². The van der Waals surface area contributed by atoms with E-state index in [0.29, 0.717) is 33.9 Å². The van der Waals surface area contributed by atoms with Crippen molar-refractivity contribution in [3.63, 3.8) is 0 Å². The highest BCUT2D eigenvalue weighted by Gasteiger charge is 2.22. The fourth-order valence-electron chi connectivity index (χ4n) is 3.57. The first-order valence-corrected chi connectivity index (χ1v) is 9.88. The average molecular weight is 419 g/mol. The number of pyridine rings is 1. The molecule has 4 aromatic heterocycles. The number of anilines is 1. The van der Waals surface area contributed by atoms with Gasteiger partial charge in [0.1, 0.15) is 17.8 Å². The number of fused-ring (bicyclic) bond motifs is 1. The van der Waals surface area contributed by atoms with Crippen LogP contribution >= 0.6 is 0 Å². The maximum Gasteiger partial charge on any atom is 0.164 e. The number of hydrogen-bond donors (Lipinski definition) is 1. The van der Waals surface area contributed by atoms with Gasteiger partial charge in [0.05, 0.1) is 28.8 Å². The topological polar surface area (TPSA) is 132 Å². The zero-order valence-corrected chi connectivity index (χ0v) is 17.1. The van der Waals surface area contributed by atoms with E-state index in [1.807, 2.05) is 37.3 Å². The summed E-state index contributed by atoms with van der Waals surface area (Å²) in [7, 11) is 0. The van der Waals surface area contributed by atoms with Gasteiger partial charge in [-0.15, -0.1) is 0 Å². The van der Waals surface area contributed by atoms with Crippen LogP contribution < -0.4 is 5.73 Å². The summed E-state index contributed by atoms with van der Waals surface area (Å²) in [6, 6.07) is 14.7. The molecule has 5 rings (SSSR count). The second kappa shape index (κ2) is 7.85. The van der Waals surface area contributed by atoms with Gasteiger partial charge >= 0.3 is 0 Å². The van der Waals surface area contributed by atoms with Crippen molar-refractivity contribution >= 4 is 16.9 Å². The van der Waals surface area contributed by atoms with Crippen molar-refractivity contribution in [2.24, 2.45) is 0 Å². The predicted octanol–water partition coefficient (Wildman–Crippen LogP) is 3.41. The van der Waals surface area contributed by atoms with Crippen LogP contribution in [-0.2, 0) is 0 Å². The molecule has 0 aliphatic carbocycles. The third-order valence-corrected chi connectivity index (χ3v) is 5.17. The van der Waals surface area contributed by atoms with Crippen LogP contribution in [0.25, 0.3) is 33.7 Å². The lowest BCUT2D eigenvalue weighted by atomic mass is 10.1. The zero-order chi connectivity index (χ0) is 22.1. The molecular formula is C23H17N9. The van der Waals surface area contributed by atoms with Crippen molar-refractivity contribution in [2.45, 2.75) is 13.0 Å². The highest BCUT2D eigenvalue weighted by Crippen LogP contribution is 2.33. The van der Waals surface area contributed by atoms with Crippen molar-refractivity contribution in [3.8, 4) is 28.7 Å². The first-order valence-electron chi connectivity index (χ1n) is 9.88. The van der Waals surface area contributed by atoms with Gasteiger partial charge in [-0.25, -0.2) is 24.6 Å². The van der Waals surface area contributed by atoms with Gasteiger partial charge in [-0.2, -0.15) is 10.4 Å². The van der Waals surface area contributed by atoms with Gasteiger partial charge in [-0.3, -0.25) is 4.98 Å². The molecule has 154 valence electrons. The van der Waals surface area contributed by atoms with E-state index in [9.17, 15) is 5.26 Å². The first-order chi connectivity index (χ1) is 15.7. The number of nitrogens with two attached hydrogens (primary N) is 1. The van der Waals surface area contributed by atoms with E-state index in [2.05, 4.69) is 26.0 Å². The number of nitriles is 1. The first kappa shape index (κ1) is 19.3. The predicted molar refractivity (Wildman–Crippen MR) is 119 cm³/mol. The number of nitrogen functional groups attached to an aromatic ring is 1. The van der Waals surface area contributed by atoms with Crippen molar-refractivity contribution in [1.29, 1.82) is 5.26 Å². The van der Waals surface area contributed by atoms with Gasteiger partial charge in [0.15, 0.2) is 11.5 Å². The Morgan fingerprint density at radius 1 is 1.03 bits per heavy atom. The SMILES string of the molecule is CC(c1ccnc(-c2cccnc2)n1)n1nc(-c2cccc(C#N)c2)c2c(N)ncnc21. The minimum Gasteiger partial charge on any atom is -0.383 e. The molecule has 2 N–H and O–H groups in total. The summed E-state index contributed by atoms with van der Waals surface area (Å²) in [4.78, 5) is 21.8. The standard InChI is InChI=1S/C23H17N9/c1-14(18-7-9-27-22(30-18)17-6-3-8-26-12-17)32-23-19(21(25)28-13-29-23)20(31-32)16-5-2-4-15(10-16)11-24/h2-10,12-14H,1H3,(H2,25,28,29). The molecule has 5 aromatic rings. The second-order valence-electron chi connectivity index (χ2n) is 7.17. The summed E-state index contributed by atoms with van der Waals surface area (Å²) in [5.41, 5.74) is 10.3. The monoisotopic (exact) mass is 419 g/mol. The fourth-order valence-corrected chi connectivity index (χ4v) is 3.57. The zero-order valence-electron chi connectivity index (χ0n) is 17.1. The molecule has 0 spiro atoms. The number of rotatable bonds is 4. The molecule has 0 saturated heterocycles. The van der Waals surface area contributed by atoms with Crippen molar-refractivity contribution < 1.29 is 0 Å². The van der Waals surface area contributed by atoms with Crippen molar-refractivity contribution in [2.75, 3.05) is 5.73 Å². The molecule has 9 nitrogen and oxygen atoms in total. The van der Waals surface area contributed by atoms with Gasteiger partial charge in [-0.1, -0.05) is 12.1 Å². The van der Waals surface area contributed by atoms with E-state index >= 15 is 0 Å². The molecule has 4 heterocycles. The van der Waals surface area contributed by atoms with Crippen LogP contribution in [0.2, 0.25) is 0 Å². The van der Waals surface area contributed by atoms with Crippen LogP contribution in [-0.4, -0.2) is 34.7 Å². The molecule has 32 heavy (non-hydrogen) atoms. The third kappa shape index (κ3) is 3.30. The number of nitrogens with zero attached hydrogens (tertiary/aromatic N) is 8. The highest BCUT2D eigenvalue weighted by atomic mass is 15.3. The normalized spacial score (nSPS) is 11.9. The van der Waals surface area contributed by atoms with E-state index in [1.165, 1.54) is 6.33 Å². The maximum absolute atomic E-state index is 9.30. The summed E-state index contributed by atoms with van der Waals surface area (Å²) < 4.78 is 1.77. The molecule has 1 unspecified atom stereocenters. The molecule has 0 bridgehead atoms. The van der Waals surface area contributed by atoms with E-state index in [0.717, 1.165) is 16.8 Å². The lowest BCUT2D eigenvalue weighted by Gasteiger charge is -2.13. The maximum atomic E-state index is 9.30. The average Bonchev–Trinajstić information content (AvgIpc) is 3.25. The summed E-state index contributed by atoms with van der Waals surface area (Å²) >= 11 is 0. The largest absolute Gasteiger partial charge is 0.383 e. The van der Waals surface area contributed by atoms with Crippen molar-refractivity contribution in [1.82, 2.24) is 34.7 Å². The van der Waals surface area contributed by atoms with Gasteiger partial charge in [-0.05, 0) is 37.3 Å². The minimum atomic E-state index is -0.266. The lowest BCUT2D eigenvalue weighted by molar-refractivity contribution is 0.566. The molecule has 0 aliphatic heterocycles. The number of aromatic nitrogens is 7. The Balaban J connectivity index is 1.65. The Morgan fingerprint density at radius 2 is 1.91 bits per heavy atom. The van der Waals surface area contributed by atoms with Crippen molar-refractivity contribution in [3.05, 3.63) is 78.6 Å². The molecular weight excluding hydrogens is 402 g/mol. The van der Waals surface area contributed by atoms with Crippen LogP contribution in [0.15, 0.2) is 67.4 Å². The van der Waals surface area contributed by atoms with E-state index in [1.54, 1.807) is 35.4 Å². The molecule has 0 fully saturated rings. The fraction of sp³-hybridized carbons (Fsp3) is 0.0870. The summed E-state index contributed by atoms with van der Waals surface area (Å²) in [6.07, 6.45) is 6.56. The quantitative estimate of drug-likeness (QED) is 0.469. The highest BCUT2D eigenvalue weighted by molar-refractivity contribution is 5.98. The lowest BCUT2D eigenvalue weighted by Crippen LogP contribution is -2.12. The summed E-state index contributed by atoms with van der Waals surface area (Å²) in [5.74, 6) is 0.902. The number of hydrogen-bond acceptors (Lipinski definition) is 8. The van der Waals surface area contributed by atoms with E-state index in [4.69, 9.17) is 15.8 Å². The van der Waals surface area contributed by atoms with E-state index in [-0.39, 0.29) is 6.04 Å². The van der Waals surface area contributed by atoms with E-state index < -0.39 is 0 Å². The smallest absolute Gasteiger partial charge is 0.164 e. The van der Waals surface area contributed by atoms with Gasteiger partial charge in [0.2, 0.25) is 0 Å². The van der Waals surface area contributed by atoms with Gasteiger partial charge < -0.3 is 5.73 Å². The Labute approximate surface area is 183 Å². The molecule has 0 saturated carbocycles. The molecule has 0 radical (unpaired) electrons. The van der Waals surface area contributed by atoms with Gasteiger partial charge in [0.25, 0.3) is 0 Å². The Hall–Kier alpha value is -4.71. The second-order valence-corrected chi connectivity index (χ2v) is 7.17. The van der Waals surface area contributed by atoms with Crippen LogP contribution in [0.3, 0.4) is 0 Å². The minimum absolute atomic E-state index is 0.266. The third-order valence-electron chi connectivity index (χ3n) is 5.17. The number of benzene rings is 1. The summed E-state index contributed by atoms with van der Waals surface area (Å²) in [6.45, 7) is 1.98. The molecule has 1 aromatic carbocycles. The Bertz CT molecular complexity index is 1470. The van der Waals surface area contributed by atoms with Crippen LogP contribution in [0.1, 0.15) is 24.2 Å². The van der Waals surface area contributed by atoms with Crippen LogP contribution in [0, 0.1) is 11.3 Å². The Morgan fingerprint density at radius 3 is 2.72 bits per heavy atom. The molecule has 1 atom stereocenters. The molecule has 0 aliphatic rings. The van der Waals surface area contributed by atoms with Crippen LogP contribution in [0.5, 0.6) is 0 Å². The molecule has 9 heteroatoms.